The molecule has 72 heavy (non-hydrogen) atoms. The molecule has 0 spiro atoms. The van der Waals surface area contributed by atoms with E-state index in [-0.39, 0.29) is 74.3 Å². The van der Waals surface area contributed by atoms with Crippen LogP contribution >= 0.6 is 11.3 Å². The number of non-ortho nitro benzene ring substituents is 1. The number of nitrogens with one attached hydrogen (secondary N) is 6. The topological polar surface area (TPSA) is 366 Å². The third kappa shape index (κ3) is 10.5. The average molecular weight is 984 g/mol. The lowest BCUT2D eigenvalue weighted by Crippen LogP contribution is -2.27. The largest absolute Gasteiger partial charge is 0.371 e. The Kier molecular flexibility index (Phi) is 14.5. The van der Waals surface area contributed by atoms with Crippen molar-refractivity contribution in [3.8, 4) is 29.6 Å². The number of nitro benzene ring substituents is 2. The minimum absolute atomic E-state index is 0.00679. The van der Waals surface area contributed by atoms with Gasteiger partial charge in [-0.3, -0.25) is 20.2 Å². The predicted octanol–water partition coefficient (Wildman–Crippen LogP) is 8.36. The molecule has 0 radical (unpaired) electrons. The molecular weight excluding hydrogens is 947 g/mol. The van der Waals surface area contributed by atoms with E-state index in [4.69, 9.17) is 4.98 Å². The zero-order valence-electron chi connectivity index (χ0n) is 38.1. The number of para-hydroxylation sites is 3. The average Bonchev–Trinajstić information content (AvgIpc) is 4.14. The molecule has 0 fully saturated rings. The minimum atomic E-state index is -0.556. The van der Waals surface area contributed by atoms with Gasteiger partial charge < -0.3 is 31.9 Å². The van der Waals surface area contributed by atoms with Crippen LogP contribution < -0.4 is 31.9 Å². The molecule has 8 rings (SSSR count). The Morgan fingerprint density at radius 1 is 0.667 bits per heavy atom. The van der Waals surface area contributed by atoms with E-state index in [9.17, 15) is 36.0 Å². The number of hydrogen-bond donors (Lipinski definition) is 6. The number of fused-ring (bicyclic) bond motifs is 1. The first-order valence-electron chi connectivity index (χ1n) is 21.4. The zero-order valence-corrected chi connectivity index (χ0v) is 38.9. The Balaban J connectivity index is 0.992. The number of pyridine rings is 1. The van der Waals surface area contributed by atoms with Gasteiger partial charge in [0.05, 0.1) is 38.1 Å². The summed E-state index contributed by atoms with van der Waals surface area (Å²) in [6, 6.07) is 25.4. The summed E-state index contributed by atoms with van der Waals surface area (Å²) < 4.78 is 3.48. The first-order chi connectivity index (χ1) is 35.0. The van der Waals surface area contributed by atoms with Gasteiger partial charge in [-0.2, -0.15) is 25.8 Å². The molecule has 3 aromatic carbocycles. The van der Waals surface area contributed by atoms with Crippen molar-refractivity contribution in [1.82, 2.24) is 44.8 Å². The maximum Gasteiger partial charge on any atom is 0.294 e. The Morgan fingerprint density at radius 2 is 1.29 bits per heavy atom. The van der Waals surface area contributed by atoms with Gasteiger partial charge in [0.2, 0.25) is 17.6 Å². The Hall–Kier alpha value is -10.4. The number of anilines is 6. The van der Waals surface area contributed by atoms with Crippen LogP contribution in [0.15, 0.2) is 106 Å². The van der Waals surface area contributed by atoms with Crippen LogP contribution in [0, 0.1) is 61.1 Å². The third-order valence-electron chi connectivity index (χ3n) is 10.3. The monoisotopic (exact) mass is 983 g/mol. The summed E-state index contributed by atoms with van der Waals surface area (Å²) in [5.74, 6) is 1.23. The Labute approximate surface area is 411 Å². The zero-order chi connectivity index (χ0) is 50.7. The second-order valence-corrected chi connectivity index (χ2v) is 15.9. The number of aromatic nitrogens is 8. The van der Waals surface area contributed by atoms with Gasteiger partial charge in [0, 0.05) is 64.0 Å². The number of thiazole rings is 1. The fourth-order valence-corrected chi connectivity index (χ4v) is 7.71. The number of azo groups is 2. The van der Waals surface area contributed by atoms with Crippen molar-refractivity contribution in [2.75, 3.05) is 66.9 Å². The fourth-order valence-electron chi connectivity index (χ4n) is 6.84. The molecule has 8 aromatic rings. The van der Waals surface area contributed by atoms with Gasteiger partial charge >= 0.3 is 0 Å². The van der Waals surface area contributed by atoms with Crippen molar-refractivity contribution in [2.45, 2.75) is 6.92 Å². The maximum absolute atomic E-state index is 11.8. The maximum atomic E-state index is 11.8. The molecule has 0 aliphatic heterocycles. The second-order valence-electron chi connectivity index (χ2n) is 14.8. The van der Waals surface area contributed by atoms with Crippen molar-refractivity contribution in [2.24, 2.45) is 20.5 Å². The first-order valence-corrected chi connectivity index (χ1v) is 22.2. The van der Waals surface area contributed by atoms with Crippen LogP contribution in [0.5, 0.6) is 0 Å². The number of nitro groups is 2. The van der Waals surface area contributed by atoms with E-state index in [2.05, 4.69) is 83.6 Å². The van der Waals surface area contributed by atoms with Gasteiger partial charge in [-0.1, -0.05) is 35.6 Å². The van der Waals surface area contributed by atoms with Crippen molar-refractivity contribution < 1.29 is 9.85 Å². The molecule has 5 aromatic heterocycles. The summed E-state index contributed by atoms with van der Waals surface area (Å²) in [4.78, 5) is 40.2. The molecular formula is C44H37N23O4S. The Bertz CT molecular complexity index is 3510. The summed E-state index contributed by atoms with van der Waals surface area (Å²) in [7, 11) is 3.31. The summed E-state index contributed by atoms with van der Waals surface area (Å²) in [5, 5.41) is 98.6. The van der Waals surface area contributed by atoms with E-state index in [1.807, 2.05) is 36.4 Å². The lowest BCUT2D eigenvalue weighted by molar-refractivity contribution is -0.384. The van der Waals surface area contributed by atoms with Crippen molar-refractivity contribution in [3.05, 3.63) is 128 Å². The SMILES string of the molecule is CNc1nc(NC)c(N=Nc2nn(-c3ccc([N+](=O)[O-])cc3)cc2C#N)c(NCCNCCNc2nc(Nc3nc4ccccc4s3)c(C#N)c(C)c2N=Nc2nn(-c3ccccc3[N+](=O)[O-])cc2C#N)n1. The number of nitriles is 3. The summed E-state index contributed by atoms with van der Waals surface area (Å²) in [5.41, 5.74) is 2.09. The van der Waals surface area contributed by atoms with E-state index in [1.165, 1.54) is 75.6 Å². The molecule has 0 aliphatic rings. The number of nitrogens with zero attached hydrogens (tertiary/aromatic N) is 17. The van der Waals surface area contributed by atoms with Gasteiger partial charge in [0.25, 0.3) is 11.4 Å². The fraction of sp³-hybridized carbons (Fsp3) is 0.159. The van der Waals surface area contributed by atoms with Crippen LogP contribution in [0.25, 0.3) is 21.6 Å². The highest BCUT2D eigenvalue weighted by Gasteiger charge is 2.22. The highest BCUT2D eigenvalue weighted by molar-refractivity contribution is 7.22. The van der Waals surface area contributed by atoms with Crippen LogP contribution in [0.2, 0.25) is 0 Å². The molecule has 0 unspecified atom stereocenters. The molecule has 0 saturated carbocycles. The molecule has 358 valence electrons. The van der Waals surface area contributed by atoms with Crippen molar-refractivity contribution in [3.63, 3.8) is 0 Å². The molecule has 0 amide bonds. The standard InChI is InChI=1S/C44H37N23O4S/c1-25-30(22-47)39(57-44-53-31-8-4-7-11-34(31)72-44)54-41(35(25)58-60-38-27(21-46)24-65(63-38)32-9-5-6-10-33(32)67(70)71)51-18-16-50-17-19-52-42-36(40(48-2)55-43(49-3)56-42)59-61-37-26(20-45)23-64(62-37)28-12-14-29(15-13-28)66(68)69/h4-15,23-24,50H,16-19H2,1-3H3,(H2,51,53,54,57)(H3,48,49,52,55,56). The normalized spacial score (nSPS) is 11.1. The second kappa shape index (κ2) is 21.7. The number of rotatable bonds is 20. The molecule has 28 heteroatoms. The highest BCUT2D eigenvalue weighted by Crippen LogP contribution is 2.38. The smallest absolute Gasteiger partial charge is 0.294 e. The van der Waals surface area contributed by atoms with Crippen molar-refractivity contribution >= 4 is 90.3 Å². The van der Waals surface area contributed by atoms with E-state index >= 15 is 0 Å². The van der Waals surface area contributed by atoms with E-state index in [0.29, 0.717) is 54.2 Å². The summed E-state index contributed by atoms with van der Waals surface area (Å²) >= 11 is 1.39. The molecule has 0 bridgehead atoms. The van der Waals surface area contributed by atoms with Crippen molar-refractivity contribution in [1.29, 1.82) is 15.8 Å². The predicted molar refractivity (Wildman–Crippen MR) is 266 cm³/mol. The first kappa shape index (κ1) is 48.1. The van der Waals surface area contributed by atoms with E-state index < -0.39 is 9.85 Å². The van der Waals surface area contributed by atoms with Crippen LogP contribution in [0.1, 0.15) is 22.3 Å². The van der Waals surface area contributed by atoms with Gasteiger partial charge in [0.1, 0.15) is 46.3 Å². The van der Waals surface area contributed by atoms with Crippen LogP contribution in [-0.2, 0) is 0 Å². The van der Waals surface area contributed by atoms with Gasteiger partial charge in [-0.25, -0.2) is 19.3 Å². The Morgan fingerprint density at radius 3 is 1.93 bits per heavy atom. The molecule has 0 aliphatic carbocycles. The highest BCUT2D eigenvalue weighted by atomic mass is 32.1. The van der Waals surface area contributed by atoms with Gasteiger partial charge in [-0.15, -0.1) is 30.7 Å². The minimum Gasteiger partial charge on any atom is -0.371 e. The van der Waals surface area contributed by atoms with Gasteiger partial charge in [-0.05, 0) is 37.3 Å². The molecule has 5 heterocycles. The quantitative estimate of drug-likeness (QED) is 0.0181. The summed E-state index contributed by atoms with van der Waals surface area (Å²) in [6.45, 7) is 3.13. The van der Waals surface area contributed by atoms with Crippen LogP contribution in [0.4, 0.5) is 68.7 Å². The lowest BCUT2D eigenvalue weighted by atomic mass is 10.1. The number of hydrogen-bond acceptors (Lipinski definition) is 24. The lowest BCUT2D eigenvalue weighted by Gasteiger charge is -2.15. The number of benzene rings is 3. The summed E-state index contributed by atoms with van der Waals surface area (Å²) in [6.07, 6.45) is 2.75. The van der Waals surface area contributed by atoms with Gasteiger partial charge in [0.15, 0.2) is 34.1 Å². The van der Waals surface area contributed by atoms with E-state index in [0.717, 1.165) is 10.2 Å². The molecule has 27 nitrogen and oxygen atoms in total. The molecule has 6 N–H and O–H groups in total. The molecule has 0 saturated heterocycles. The van der Waals surface area contributed by atoms with Crippen LogP contribution in [0.3, 0.4) is 0 Å². The van der Waals surface area contributed by atoms with E-state index in [1.54, 1.807) is 27.1 Å². The third-order valence-corrected chi connectivity index (χ3v) is 11.3. The molecule has 0 atom stereocenters. The van der Waals surface area contributed by atoms with Crippen LogP contribution in [-0.4, -0.2) is 89.6 Å².